The smallest absolute Gasteiger partial charge is 0.253 e. The van der Waals surface area contributed by atoms with Crippen molar-refractivity contribution in [2.24, 2.45) is 0 Å². The molecule has 0 aliphatic rings. The van der Waals surface area contributed by atoms with E-state index < -0.39 is 0 Å². The van der Waals surface area contributed by atoms with Crippen LogP contribution in [0.15, 0.2) is 102 Å². The third kappa shape index (κ3) is 4.90. The van der Waals surface area contributed by atoms with Gasteiger partial charge in [0.1, 0.15) is 5.75 Å². The fourth-order valence-electron chi connectivity index (χ4n) is 3.00. The molecule has 4 aromatic rings. The molecule has 0 saturated heterocycles. The minimum absolute atomic E-state index is 0.220. The predicted molar refractivity (Wildman–Crippen MR) is 118 cm³/mol. The van der Waals surface area contributed by atoms with Gasteiger partial charge in [-0.1, -0.05) is 52.3 Å². The number of rotatable bonds is 6. The Labute approximate surface area is 182 Å². The second-order valence-electron chi connectivity index (χ2n) is 6.54. The summed E-state index contributed by atoms with van der Waals surface area (Å²) < 4.78 is 6.65. The van der Waals surface area contributed by atoms with E-state index in [0.717, 1.165) is 15.6 Å². The monoisotopic (exact) mass is 459 g/mol. The van der Waals surface area contributed by atoms with Gasteiger partial charge in [0.15, 0.2) is 0 Å². The summed E-state index contributed by atoms with van der Waals surface area (Å²) >= 11 is 3.41. The standard InChI is InChI=1S/C24H18BrN3O2/c25-20-7-4-8-21(15-20)30-22-10-9-19(16-27-22)24(29)28-23(17-5-2-1-3-6-17)18-11-13-26-14-12-18/h1-16,23H,(H,28,29). The lowest BCUT2D eigenvalue weighted by Crippen LogP contribution is -2.29. The average molecular weight is 460 g/mol. The molecule has 30 heavy (non-hydrogen) atoms. The highest BCUT2D eigenvalue weighted by atomic mass is 79.9. The molecule has 1 N–H and O–H groups in total. The molecule has 1 atom stereocenters. The number of carbonyl (C=O) groups is 1. The first-order valence-corrected chi connectivity index (χ1v) is 10.1. The first-order valence-electron chi connectivity index (χ1n) is 9.34. The first kappa shape index (κ1) is 19.8. The summed E-state index contributed by atoms with van der Waals surface area (Å²) in [5.41, 5.74) is 2.39. The number of hydrogen-bond donors (Lipinski definition) is 1. The maximum atomic E-state index is 12.9. The zero-order chi connectivity index (χ0) is 20.8. The summed E-state index contributed by atoms with van der Waals surface area (Å²) in [7, 11) is 0. The highest BCUT2D eigenvalue weighted by molar-refractivity contribution is 9.10. The number of hydrogen-bond acceptors (Lipinski definition) is 4. The van der Waals surface area contributed by atoms with Gasteiger partial charge in [-0.15, -0.1) is 0 Å². The van der Waals surface area contributed by atoms with E-state index >= 15 is 0 Å². The van der Waals surface area contributed by atoms with Crippen LogP contribution in [-0.4, -0.2) is 15.9 Å². The van der Waals surface area contributed by atoms with Crippen molar-refractivity contribution in [1.29, 1.82) is 0 Å². The Bertz CT molecular complexity index is 1080. The van der Waals surface area contributed by atoms with Crippen LogP contribution in [0.5, 0.6) is 11.6 Å². The largest absolute Gasteiger partial charge is 0.439 e. The normalized spacial score (nSPS) is 11.5. The van der Waals surface area contributed by atoms with Gasteiger partial charge in [0, 0.05) is 29.1 Å². The summed E-state index contributed by atoms with van der Waals surface area (Å²) in [5.74, 6) is 0.858. The van der Waals surface area contributed by atoms with Crippen molar-refractivity contribution in [3.63, 3.8) is 0 Å². The molecule has 5 nitrogen and oxygen atoms in total. The van der Waals surface area contributed by atoms with Crippen molar-refractivity contribution in [2.75, 3.05) is 0 Å². The highest BCUT2D eigenvalue weighted by Gasteiger charge is 2.18. The van der Waals surface area contributed by atoms with Gasteiger partial charge in [-0.25, -0.2) is 4.98 Å². The van der Waals surface area contributed by atoms with E-state index in [9.17, 15) is 4.79 Å². The molecule has 2 aromatic heterocycles. The minimum atomic E-state index is -0.292. The van der Waals surface area contributed by atoms with E-state index in [-0.39, 0.29) is 11.9 Å². The molecule has 2 heterocycles. The van der Waals surface area contributed by atoms with Crippen molar-refractivity contribution >= 4 is 21.8 Å². The predicted octanol–water partition coefficient (Wildman–Crippen LogP) is 5.55. The number of carbonyl (C=O) groups excluding carboxylic acids is 1. The molecular weight excluding hydrogens is 442 g/mol. The van der Waals surface area contributed by atoms with E-state index in [1.165, 1.54) is 6.20 Å². The van der Waals surface area contributed by atoms with Crippen LogP contribution in [0.1, 0.15) is 27.5 Å². The average Bonchev–Trinajstić information content (AvgIpc) is 2.79. The molecule has 0 aliphatic carbocycles. The first-order chi connectivity index (χ1) is 14.7. The Morgan fingerprint density at radius 2 is 1.67 bits per heavy atom. The van der Waals surface area contributed by atoms with Crippen LogP contribution in [0.25, 0.3) is 0 Å². The van der Waals surface area contributed by atoms with Crippen LogP contribution < -0.4 is 10.1 Å². The number of pyridine rings is 2. The molecule has 4 rings (SSSR count). The maximum absolute atomic E-state index is 12.9. The van der Waals surface area contributed by atoms with Crippen LogP contribution in [0.2, 0.25) is 0 Å². The lowest BCUT2D eigenvalue weighted by Gasteiger charge is -2.19. The van der Waals surface area contributed by atoms with Crippen molar-refractivity contribution in [2.45, 2.75) is 6.04 Å². The molecule has 0 spiro atoms. The lowest BCUT2D eigenvalue weighted by molar-refractivity contribution is 0.0942. The van der Waals surface area contributed by atoms with Gasteiger partial charge in [0.2, 0.25) is 5.88 Å². The summed E-state index contributed by atoms with van der Waals surface area (Å²) in [5, 5.41) is 3.09. The van der Waals surface area contributed by atoms with E-state index in [1.54, 1.807) is 24.5 Å². The third-order valence-electron chi connectivity index (χ3n) is 4.46. The number of halogens is 1. The summed E-state index contributed by atoms with van der Waals surface area (Å²) in [4.78, 5) is 21.2. The van der Waals surface area contributed by atoms with Crippen molar-refractivity contribution in [3.05, 3.63) is 119 Å². The number of ether oxygens (including phenoxy) is 1. The second kappa shape index (κ2) is 9.33. The van der Waals surface area contributed by atoms with Gasteiger partial charge < -0.3 is 10.1 Å². The van der Waals surface area contributed by atoms with Crippen molar-refractivity contribution in [1.82, 2.24) is 15.3 Å². The van der Waals surface area contributed by atoms with Gasteiger partial charge in [0.25, 0.3) is 5.91 Å². The molecule has 0 saturated carbocycles. The quantitative estimate of drug-likeness (QED) is 0.410. The molecule has 1 unspecified atom stereocenters. The van der Waals surface area contributed by atoms with Crippen LogP contribution in [0.3, 0.4) is 0 Å². The van der Waals surface area contributed by atoms with Gasteiger partial charge >= 0.3 is 0 Å². The number of amides is 1. The van der Waals surface area contributed by atoms with Crippen molar-refractivity contribution in [3.8, 4) is 11.6 Å². The maximum Gasteiger partial charge on any atom is 0.253 e. The zero-order valence-electron chi connectivity index (χ0n) is 15.9. The molecule has 0 aliphatic heterocycles. The lowest BCUT2D eigenvalue weighted by atomic mass is 9.99. The van der Waals surface area contributed by atoms with Gasteiger partial charge in [-0.05, 0) is 47.5 Å². The number of benzene rings is 2. The van der Waals surface area contributed by atoms with Crippen LogP contribution in [-0.2, 0) is 0 Å². The zero-order valence-corrected chi connectivity index (χ0v) is 17.5. The van der Waals surface area contributed by atoms with E-state index in [0.29, 0.717) is 17.2 Å². The Morgan fingerprint density at radius 1 is 0.900 bits per heavy atom. The highest BCUT2D eigenvalue weighted by Crippen LogP contribution is 2.24. The topological polar surface area (TPSA) is 64.1 Å². The fourth-order valence-corrected chi connectivity index (χ4v) is 3.38. The minimum Gasteiger partial charge on any atom is -0.439 e. The van der Waals surface area contributed by atoms with Crippen LogP contribution in [0, 0.1) is 0 Å². The Balaban J connectivity index is 1.51. The Kier molecular flexibility index (Phi) is 6.15. The summed E-state index contributed by atoms with van der Waals surface area (Å²) in [6, 6.07) is 24.2. The Hall–Kier alpha value is -3.51. The number of aromatic nitrogens is 2. The van der Waals surface area contributed by atoms with Crippen LogP contribution >= 0.6 is 15.9 Å². The van der Waals surface area contributed by atoms with Gasteiger partial charge in [-0.2, -0.15) is 0 Å². The van der Waals surface area contributed by atoms with Crippen LogP contribution in [0.4, 0.5) is 0 Å². The van der Waals surface area contributed by atoms with Gasteiger partial charge in [0.05, 0.1) is 11.6 Å². The summed E-state index contributed by atoms with van der Waals surface area (Å²) in [6.07, 6.45) is 4.94. The third-order valence-corrected chi connectivity index (χ3v) is 4.96. The molecule has 2 aromatic carbocycles. The molecule has 0 fully saturated rings. The molecule has 6 heteroatoms. The number of nitrogens with zero attached hydrogens (tertiary/aromatic N) is 2. The van der Waals surface area contributed by atoms with Crippen molar-refractivity contribution < 1.29 is 9.53 Å². The van der Waals surface area contributed by atoms with E-state index in [2.05, 4.69) is 31.2 Å². The van der Waals surface area contributed by atoms with E-state index in [1.807, 2.05) is 66.7 Å². The molecule has 0 radical (unpaired) electrons. The van der Waals surface area contributed by atoms with Gasteiger partial charge in [-0.3, -0.25) is 9.78 Å². The Morgan fingerprint density at radius 3 is 2.37 bits per heavy atom. The van der Waals surface area contributed by atoms with E-state index in [4.69, 9.17) is 4.74 Å². The summed E-state index contributed by atoms with van der Waals surface area (Å²) in [6.45, 7) is 0. The second-order valence-corrected chi connectivity index (χ2v) is 7.46. The molecule has 1 amide bonds. The molecular formula is C24H18BrN3O2. The molecule has 148 valence electrons. The molecule has 0 bridgehead atoms. The fraction of sp³-hybridized carbons (Fsp3) is 0.0417. The number of nitrogens with one attached hydrogen (secondary N) is 1. The SMILES string of the molecule is O=C(NC(c1ccccc1)c1ccncc1)c1ccc(Oc2cccc(Br)c2)nc1.